The summed E-state index contributed by atoms with van der Waals surface area (Å²) in [6, 6.07) is 5.89. The molecule has 1 fully saturated rings. The second kappa shape index (κ2) is 6.00. The lowest BCUT2D eigenvalue weighted by atomic mass is 10.2. The van der Waals surface area contributed by atoms with Gasteiger partial charge in [-0.15, -0.1) is 0 Å². The van der Waals surface area contributed by atoms with Crippen LogP contribution in [-0.4, -0.2) is 44.0 Å². The van der Waals surface area contributed by atoms with Crippen LogP contribution in [0.1, 0.15) is 18.2 Å². The smallest absolute Gasteiger partial charge is 0.146 e. The molecule has 2 unspecified atom stereocenters. The number of hydrogen-bond donors (Lipinski definition) is 0. The van der Waals surface area contributed by atoms with E-state index < -0.39 is 0 Å². The van der Waals surface area contributed by atoms with Crippen LogP contribution < -0.4 is 4.90 Å². The number of aromatic nitrogens is 1. The third kappa shape index (κ3) is 3.22. The molecule has 1 saturated heterocycles. The maximum Gasteiger partial charge on any atom is 0.146 e. The molecule has 0 spiro atoms. The van der Waals surface area contributed by atoms with Crippen molar-refractivity contribution < 1.29 is 9.47 Å². The second-order valence-corrected chi connectivity index (χ2v) is 4.86. The van der Waals surface area contributed by atoms with E-state index in [1.807, 2.05) is 26.0 Å². The van der Waals surface area contributed by atoms with Gasteiger partial charge in [-0.2, -0.15) is 5.26 Å². The number of hydrogen-bond acceptors (Lipinski definition) is 5. The van der Waals surface area contributed by atoms with E-state index in [0.717, 1.165) is 18.1 Å². The van der Waals surface area contributed by atoms with Crippen molar-refractivity contribution >= 4 is 5.82 Å². The summed E-state index contributed by atoms with van der Waals surface area (Å²) in [5, 5.41) is 9.20. The minimum atomic E-state index is 0.0163. The Hall–Kier alpha value is -1.64. The van der Waals surface area contributed by atoms with E-state index in [-0.39, 0.29) is 12.2 Å². The lowest BCUT2D eigenvalue weighted by Gasteiger charge is -2.37. The van der Waals surface area contributed by atoms with Crippen LogP contribution in [0.15, 0.2) is 12.1 Å². The van der Waals surface area contributed by atoms with Crippen LogP contribution in [-0.2, 0) is 9.47 Å². The van der Waals surface area contributed by atoms with E-state index in [2.05, 4.69) is 16.0 Å². The number of morpholine rings is 1. The topological polar surface area (TPSA) is 58.4 Å². The molecule has 0 amide bonds. The molecule has 1 aliphatic heterocycles. The molecular formula is C14H19N3O2. The van der Waals surface area contributed by atoms with Crippen LogP contribution in [0.25, 0.3) is 0 Å². The first-order valence-electron chi connectivity index (χ1n) is 6.41. The number of nitriles is 1. The second-order valence-electron chi connectivity index (χ2n) is 4.86. The Kier molecular flexibility index (Phi) is 4.35. The summed E-state index contributed by atoms with van der Waals surface area (Å²) in [7, 11) is 1.67. The van der Waals surface area contributed by atoms with E-state index >= 15 is 0 Å². The highest BCUT2D eigenvalue weighted by Crippen LogP contribution is 2.22. The third-order valence-corrected chi connectivity index (χ3v) is 3.11. The van der Waals surface area contributed by atoms with Crippen LogP contribution in [0.3, 0.4) is 0 Å². The molecule has 1 aliphatic rings. The number of ether oxygens (including phenoxy) is 2. The first kappa shape index (κ1) is 13.8. The van der Waals surface area contributed by atoms with E-state index in [9.17, 15) is 5.26 Å². The number of methoxy groups -OCH3 is 1. The van der Waals surface area contributed by atoms with Crippen LogP contribution in [0.2, 0.25) is 0 Å². The van der Waals surface area contributed by atoms with E-state index in [1.165, 1.54) is 0 Å². The van der Waals surface area contributed by atoms with Crippen molar-refractivity contribution in [2.75, 3.05) is 31.7 Å². The third-order valence-electron chi connectivity index (χ3n) is 3.11. The van der Waals surface area contributed by atoms with Gasteiger partial charge in [0.2, 0.25) is 0 Å². The van der Waals surface area contributed by atoms with Crippen molar-refractivity contribution in [3.05, 3.63) is 23.4 Å². The quantitative estimate of drug-likeness (QED) is 0.825. The summed E-state index contributed by atoms with van der Waals surface area (Å²) in [6.45, 7) is 5.95. The lowest BCUT2D eigenvalue weighted by molar-refractivity contribution is -0.0512. The standard InChI is InChI=1S/C14H19N3O2/c1-10-4-5-12(6-15)14(16-10)17-7-11(2)19-13(8-17)9-18-3/h4-5,11,13H,7-9H2,1-3H3. The molecule has 2 rings (SSSR count). The Labute approximate surface area is 113 Å². The molecule has 19 heavy (non-hydrogen) atoms. The fourth-order valence-electron chi connectivity index (χ4n) is 2.37. The molecule has 2 heterocycles. The average molecular weight is 261 g/mol. The van der Waals surface area contributed by atoms with Gasteiger partial charge in [-0.05, 0) is 26.0 Å². The summed E-state index contributed by atoms with van der Waals surface area (Å²) in [6.07, 6.45) is 0.116. The lowest BCUT2D eigenvalue weighted by Crippen LogP contribution is -2.48. The molecule has 0 saturated carbocycles. The molecule has 2 atom stereocenters. The molecule has 0 aliphatic carbocycles. The van der Waals surface area contributed by atoms with Gasteiger partial charge in [0.1, 0.15) is 11.9 Å². The molecule has 0 radical (unpaired) electrons. The Morgan fingerprint density at radius 1 is 1.53 bits per heavy atom. The molecule has 0 bridgehead atoms. The maximum atomic E-state index is 9.20. The van der Waals surface area contributed by atoms with Gasteiger partial charge in [0, 0.05) is 25.9 Å². The predicted molar refractivity (Wildman–Crippen MR) is 72.1 cm³/mol. The molecular weight excluding hydrogens is 242 g/mol. The fourth-order valence-corrected chi connectivity index (χ4v) is 2.37. The molecule has 5 nitrogen and oxygen atoms in total. The SMILES string of the molecule is COCC1CN(c2nc(C)ccc2C#N)CC(C)O1. The van der Waals surface area contributed by atoms with Crippen molar-refractivity contribution in [3.63, 3.8) is 0 Å². The van der Waals surface area contributed by atoms with Gasteiger partial charge < -0.3 is 14.4 Å². The highest BCUT2D eigenvalue weighted by molar-refractivity contribution is 5.54. The van der Waals surface area contributed by atoms with Gasteiger partial charge in [0.15, 0.2) is 0 Å². The summed E-state index contributed by atoms with van der Waals surface area (Å²) in [5.41, 5.74) is 1.52. The van der Waals surface area contributed by atoms with Gasteiger partial charge >= 0.3 is 0 Å². The minimum absolute atomic E-state index is 0.0163. The van der Waals surface area contributed by atoms with Crippen LogP contribution in [0.5, 0.6) is 0 Å². The van der Waals surface area contributed by atoms with Crippen molar-refractivity contribution in [1.82, 2.24) is 4.98 Å². The predicted octanol–water partition coefficient (Wildman–Crippen LogP) is 1.50. The summed E-state index contributed by atoms with van der Waals surface area (Å²) in [5.74, 6) is 0.749. The van der Waals surface area contributed by atoms with Crippen LogP contribution in [0, 0.1) is 18.3 Å². The zero-order valence-corrected chi connectivity index (χ0v) is 11.6. The molecule has 102 valence electrons. The molecule has 0 N–H and O–H groups in total. The largest absolute Gasteiger partial charge is 0.382 e. The number of anilines is 1. The van der Waals surface area contributed by atoms with E-state index in [4.69, 9.17) is 9.47 Å². The first-order chi connectivity index (χ1) is 9.13. The summed E-state index contributed by atoms with van der Waals surface area (Å²) in [4.78, 5) is 6.62. The van der Waals surface area contributed by atoms with Crippen LogP contribution >= 0.6 is 0 Å². The summed E-state index contributed by atoms with van der Waals surface area (Å²) >= 11 is 0. The Morgan fingerprint density at radius 3 is 3.00 bits per heavy atom. The number of rotatable bonds is 3. The number of nitrogens with zero attached hydrogens (tertiary/aromatic N) is 3. The van der Waals surface area contributed by atoms with E-state index in [0.29, 0.717) is 18.7 Å². The van der Waals surface area contributed by atoms with Crippen molar-refractivity contribution in [1.29, 1.82) is 5.26 Å². The van der Waals surface area contributed by atoms with Crippen LogP contribution in [0.4, 0.5) is 5.82 Å². The number of aryl methyl sites for hydroxylation is 1. The Balaban J connectivity index is 2.25. The fraction of sp³-hybridized carbons (Fsp3) is 0.571. The maximum absolute atomic E-state index is 9.20. The number of pyridine rings is 1. The molecule has 1 aromatic heterocycles. The van der Waals surface area contributed by atoms with Crippen molar-refractivity contribution in [2.45, 2.75) is 26.1 Å². The summed E-state index contributed by atoms with van der Waals surface area (Å²) < 4.78 is 11.0. The van der Waals surface area contributed by atoms with Crippen molar-refractivity contribution in [3.8, 4) is 6.07 Å². The van der Waals surface area contributed by atoms with Gasteiger partial charge in [0.05, 0.1) is 24.4 Å². The zero-order chi connectivity index (χ0) is 13.8. The highest BCUT2D eigenvalue weighted by atomic mass is 16.5. The average Bonchev–Trinajstić information content (AvgIpc) is 2.38. The van der Waals surface area contributed by atoms with Gasteiger partial charge in [-0.1, -0.05) is 0 Å². The monoisotopic (exact) mass is 261 g/mol. The van der Waals surface area contributed by atoms with Crippen molar-refractivity contribution in [2.24, 2.45) is 0 Å². The van der Waals surface area contributed by atoms with Gasteiger partial charge in [-0.3, -0.25) is 0 Å². The van der Waals surface area contributed by atoms with E-state index in [1.54, 1.807) is 7.11 Å². The van der Waals surface area contributed by atoms with Gasteiger partial charge in [-0.25, -0.2) is 4.98 Å². The molecule has 5 heteroatoms. The Bertz CT molecular complexity index is 484. The van der Waals surface area contributed by atoms with Gasteiger partial charge in [0.25, 0.3) is 0 Å². The minimum Gasteiger partial charge on any atom is -0.382 e. The Morgan fingerprint density at radius 2 is 2.32 bits per heavy atom. The highest BCUT2D eigenvalue weighted by Gasteiger charge is 2.27. The molecule has 0 aromatic carbocycles. The normalized spacial score (nSPS) is 23.2. The molecule has 1 aromatic rings. The first-order valence-corrected chi connectivity index (χ1v) is 6.41. The zero-order valence-electron chi connectivity index (χ0n) is 11.6.